The summed E-state index contributed by atoms with van der Waals surface area (Å²) in [5.74, 6) is 1.38. The van der Waals surface area contributed by atoms with Crippen molar-refractivity contribution >= 4 is 0 Å². The van der Waals surface area contributed by atoms with E-state index in [1.54, 1.807) is 0 Å². The van der Waals surface area contributed by atoms with Gasteiger partial charge in [0.25, 0.3) is 0 Å². The molecule has 92 valence electrons. The van der Waals surface area contributed by atoms with E-state index >= 15 is 0 Å². The first-order chi connectivity index (χ1) is 7.41. The zero-order valence-electron chi connectivity index (χ0n) is 11.2. The van der Waals surface area contributed by atoms with Crippen LogP contribution < -0.4 is 0 Å². The van der Waals surface area contributed by atoms with Crippen molar-refractivity contribution in [2.75, 3.05) is 0 Å². The summed E-state index contributed by atoms with van der Waals surface area (Å²) in [4.78, 5) is 0. The molecule has 1 unspecified atom stereocenters. The Morgan fingerprint density at radius 3 is 2.75 bits per heavy atom. The minimum absolute atomic E-state index is 0.559. The number of hydrogen-bond donors (Lipinski definition) is 1. The minimum Gasteiger partial charge on any atom is -0.386 e. The van der Waals surface area contributed by atoms with Gasteiger partial charge in [-0.1, -0.05) is 30.7 Å². The molecular weight excluding hydrogens is 196 g/mol. The van der Waals surface area contributed by atoms with Crippen LogP contribution in [0.15, 0.2) is 23.8 Å². The third-order valence-electron chi connectivity index (χ3n) is 3.59. The maximum absolute atomic E-state index is 9.83. The zero-order chi connectivity index (χ0) is 12.2. The van der Waals surface area contributed by atoms with Crippen LogP contribution in [0, 0.1) is 11.8 Å². The Morgan fingerprint density at radius 2 is 2.25 bits per heavy atom. The van der Waals surface area contributed by atoms with E-state index in [2.05, 4.69) is 32.9 Å². The molecule has 0 aromatic carbocycles. The largest absolute Gasteiger partial charge is 0.386 e. The molecule has 0 aliphatic heterocycles. The van der Waals surface area contributed by atoms with E-state index in [9.17, 15) is 5.11 Å². The highest BCUT2D eigenvalue weighted by atomic mass is 16.3. The molecule has 0 spiro atoms. The highest BCUT2D eigenvalue weighted by Gasteiger charge is 2.25. The standard InChI is InChI=1S/C15H26O/c1-12(2)6-5-7-13(3)14-8-10-15(4,16)11-9-14/h6,8,10,13-14,16H,5,7,9,11H2,1-4H3/t13?,14-,15-/m1/s1. The Labute approximate surface area is 100 Å². The molecule has 0 saturated heterocycles. The second kappa shape index (κ2) is 5.67. The van der Waals surface area contributed by atoms with Crippen molar-refractivity contribution < 1.29 is 5.11 Å². The van der Waals surface area contributed by atoms with Crippen molar-refractivity contribution in [3.05, 3.63) is 23.8 Å². The predicted octanol–water partition coefficient (Wildman–Crippen LogP) is 4.09. The summed E-state index contributed by atoms with van der Waals surface area (Å²) in [5, 5.41) is 9.83. The van der Waals surface area contributed by atoms with Crippen LogP contribution in [0.1, 0.15) is 53.4 Å². The van der Waals surface area contributed by atoms with Gasteiger partial charge < -0.3 is 5.11 Å². The molecule has 1 heteroatoms. The third kappa shape index (κ3) is 4.52. The SMILES string of the molecule is CC(C)=CCCC(C)[C@@H]1C=C[C@@](C)(O)CC1. The number of rotatable bonds is 4. The van der Waals surface area contributed by atoms with Crippen LogP contribution >= 0.6 is 0 Å². The lowest BCUT2D eigenvalue weighted by molar-refractivity contribution is 0.0833. The lowest BCUT2D eigenvalue weighted by Crippen LogP contribution is -2.27. The molecule has 0 fully saturated rings. The normalized spacial score (nSPS) is 31.2. The highest BCUT2D eigenvalue weighted by Crippen LogP contribution is 2.31. The smallest absolute Gasteiger partial charge is 0.0800 e. The summed E-state index contributed by atoms with van der Waals surface area (Å²) in [6, 6.07) is 0. The zero-order valence-corrected chi connectivity index (χ0v) is 11.2. The maximum Gasteiger partial charge on any atom is 0.0800 e. The van der Waals surface area contributed by atoms with E-state index in [0.717, 1.165) is 18.8 Å². The number of hydrogen-bond acceptors (Lipinski definition) is 1. The van der Waals surface area contributed by atoms with Crippen molar-refractivity contribution in [2.45, 2.75) is 59.0 Å². The lowest BCUT2D eigenvalue weighted by atomic mass is 9.79. The molecule has 1 aliphatic carbocycles. The van der Waals surface area contributed by atoms with Gasteiger partial charge in [-0.25, -0.2) is 0 Å². The fourth-order valence-corrected chi connectivity index (χ4v) is 2.29. The molecule has 1 nitrogen and oxygen atoms in total. The van der Waals surface area contributed by atoms with Crippen molar-refractivity contribution in [3.8, 4) is 0 Å². The van der Waals surface area contributed by atoms with Gasteiger partial charge in [0.2, 0.25) is 0 Å². The molecule has 0 aromatic heterocycles. The Bertz CT molecular complexity index is 269. The summed E-state index contributed by atoms with van der Waals surface area (Å²) in [5.41, 5.74) is 0.852. The Balaban J connectivity index is 2.39. The van der Waals surface area contributed by atoms with Crippen molar-refractivity contribution in [3.63, 3.8) is 0 Å². The van der Waals surface area contributed by atoms with E-state index in [1.165, 1.54) is 18.4 Å². The number of allylic oxidation sites excluding steroid dienone is 3. The summed E-state index contributed by atoms with van der Waals surface area (Å²) in [7, 11) is 0. The van der Waals surface area contributed by atoms with Crippen LogP contribution in [-0.2, 0) is 0 Å². The molecule has 0 bridgehead atoms. The summed E-state index contributed by atoms with van der Waals surface area (Å²) in [6.07, 6.45) is 11.0. The maximum atomic E-state index is 9.83. The van der Waals surface area contributed by atoms with E-state index in [4.69, 9.17) is 0 Å². The van der Waals surface area contributed by atoms with Crippen molar-refractivity contribution in [1.82, 2.24) is 0 Å². The average Bonchev–Trinajstić information content (AvgIpc) is 2.16. The molecule has 3 atom stereocenters. The van der Waals surface area contributed by atoms with Crippen molar-refractivity contribution in [2.24, 2.45) is 11.8 Å². The third-order valence-corrected chi connectivity index (χ3v) is 3.59. The Morgan fingerprint density at radius 1 is 1.56 bits per heavy atom. The van der Waals surface area contributed by atoms with Crippen LogP contribution in [-0.4, -0.2) is 10.7 Å². The van der Waals surface area contributed by atoms with Crippen LogP contribution in [0.3, 0.4) is 0 Å². The van der Waals surface area contributed by atoms with Gasteiger partial charge in [-0.05, 0) is 58.3 Å². The van der Waals surface area contributed by atoms with Gasteiger partial charge in [0.05, 0.1) is 5.60 Å². The monoisotopic (exact) mass is 222 g/mol. The molecule has 16 heavy (non-hydrogen) atoms. The van der Waals surface area contributed by atoms with Gasteiger partial charge in [-0.3, -0.25) is 0 Å². The van der Waals surface area contributed by atoms with Gasteiger partial charge >= 0.3 is 0 Å². The van der Waals surface area contributed by atoms with Crippen LogP contribution in [0.25, 0.3) is 0 Å². The topological polar surface area (TPSA) is 20.2 Å². The van der Waals surface area contributed by atoms with Crippen LogP contribution in [0.4, 0.5) is 0 Å². The molecule has 0 heterocycles. The lowest BCUT2D eigenvalue weighted by Gasteiger charge is -2.30. The molecule has 0 radical (unpaired) electrons. The first-order valence-electron chi connectivity index (χ1n) is 6.46. The van der Waals surface area contributed by atoms with Gasteiger partial charge in [0.1, 0.15) is 0 Å². The van der Waals surface area contributed by atoms with Crippen molar-refractivity contribution in [1.29, 1.82) is 0 Å². The average molecular weight is 222 g/mol. The Hall–Kier alpha value is -0.560. The molecule has 1 aliphatic rings. The summed E-state index contributed by atoms with van der Waals surface area (Å²) in [6.45, 7) is 8.53. The minimum atomic E-state index is -0.559. The molecule has 0 saturated carbocycles. The van der Waals surface area contributed by atoms with E-state index in [1.807, 2.05) is 13.0 Å². The van der Waals surface area contributed by atoms with Gasteiger partial charge in [-0.2, -0.15) is 0 Å². The molecule has 0 aromatic rings. The van der Waals surface area contributed by atoms with Gasteiger partial charge in [0.15, 0.2) is 0 Å². The predicted molar refractivity (Wildman–Crippen MR) is 70.3 cm³/mol. The first kappa shape index (κ1) is 13.5. The molecule has 1 rings (SSSR count). The van der Waals surface area contributed by atoms with E-state index in [-0.39, 0.29) is 0 Å². The van der Waals surface area contributed by atoms with E-state index < -0.39 is 5.60 Å². The fraction of sp³-hybridized carbons (Fsp3) is 0.733. The van der Waals surface area contributed by atoms with Crippen LogP contribution in [0.5, 0.6) is 0 Å². The second-order valence-corrected chi connectivity index (χ2v) is 5.75. The van der Waals surface area contributed by atoms with Crippen LogP contribution in [0.2, 0.25) is 0 Å². The summed E-state index contributed by atoms with van der Waals surface area (Å²) >= 11 is 0. The van der Waals surface area contributed by atoms with Gasteiger partial charge in [-0.15, -0.1) is 0 Å². The summed E-state index contributed by atoms with van der Waals surface area (Å²) < 4.78 is 0. The van der Waals surface area contributed by atoms with Gasteiger partial charge in [0, 0.05) is 0 Å². The first-order valence-corrected chi connectivity index (χ1v) is 6.46. The Kier molecular flexibility index (Phi) is 4.79. The molecular formula is C15H26O. The van der Waals surface area contributed by atoms with E-state index in [0.29, 0.717) is 5.92 Å². The highest BCUT2D eigenvalue weighted by molar-refractivity contribution is 5.06. The fourth-order valence-electron chi connectivity index (χ4n) is 2.29. The molecule has 0 amide bonds. The number of aliphatic hydroxyl groups is 1. The quantitative estimate of drug-likeness (QED) is 0.710. The second-order valence-electron chi connectivity index (χ2n) is 5.75. The molecule has 1 N–H and O–H groups in total.